The highest BCUT2D eigenvalue weighted by Crippen LogP contribution is 2.23. The van der Waals surface area contributed by atoms with Gasteiger partial charge in [0.05, 0.1) is 32.0 Å². The topological polar surface area (TPSA) is 47.9 Å². The van der Waals surface area contributed by atoms with Gasteiger partial charge in [-0.15, -0.1) is 0 Å². The zero-order chi connectivity index (χ0) is 18.9. The van der Waals surface area contributed by atoms with Gasteiger partial charge in [0, 0.05) is 13.0 Å². The Kier molecular flexibility index (Phi) is 7.45. The van der Waals surface area contributed by atoms with Gasteiger partial charge in [-0.05, 0) is 36.1 Å². The molecular formula is C23H28O4. The molecule has 1 N–H and O–H groups in total. The molecule has 0 aliphatic carbocycles. The molecule has 0 amide bonds. The normalized spacial score (nSPS) is 22.8. The molecule has 0 unspecified atom stereocenters. The third-order valence-electron chi connectivity index (χ3n) is 4.72. The fourth-order valence-corrected chi connectivity index (χ4v) is 3.25. The minimum absolute atomic E-state index is 0.0232. The molecule has 1 heterocycles. The molecule has 3 rings (SSSR count). The quantitative estimate of drug-likeness (QED) is 0.709. The first-order valence-electron chi connectivity index (χ1n) is 9.50. The molecule has 1 aliphatic heterocycles. The van der Waals surface area contributed by atoms with Gasteiger partial charge in [0.2, 0.25) is 0 Å². The van der Waals surface area contributed by atoms with Crippen LogP contribution in [0.5, 0.6) is 5.75 Å². The van der Waals surface area contributed by atoms with Crippen molar-refractivity contribution < 1.29 is 19.3 Å². The van der Waals surface area contributed by atoms with Crippen LogP contribution < -0.4 is 4.74 Å². The minimum Gasteiger partial charge on any atom is -0.497 e. The number of hydrogen-bond donors (Lipinski definition) is 1. The van der Waals surface area contributed by atoms with Crippen LogP contribution in [-0.2, 0) is 16.1 Å². The van der Waals surface area contributed by atoms with Gasteiger partial charge in [0.25, 0.3) is 0 Å². The monoisotopic (exact) mass is 368 g/mol. The standard InChI is InChI=1S/C23H28O4/c1-25-21-10-8-19(9-11-21)17-26-14-13-23-16-20(24)15-22(27-23)12-7-18-5-3-2-4-6-18/h2-12,20,22-24H,13-17H2,1H3/b12-7+/t20-,22-,23-/m1/s1. The Hall–Kier alpha value is -2.14. The van der Waals surface area contributed by atoms with E-state index < -0.39 is 0 Å². The number of aliphatic hydroxyl groups excluding tert-OH is 1. The summed E-state index contributed by atoms with van der Waals surface area (Å²) in [5.41, 5.74) is 2.25. The Morgan fingerprint density at radius 3 is 2.59 bits per heavy atom. The third-order valence-corrected chi connectivity index (χ3v) is 4.72. The van der Waals surface area contributed by atoms with Crippen molar-refractivity contribution in [3.8, 4) is 5.75 Å². The average molecular weight is 368 g/mol. The summed E-state index contributed by atoms with van der Waals surface area (Å²) in [6.07, 6.45) is 5.84. The number of hydrogen-bond acceptors (Lipinski definition) is 4. The predicted molar refractivity (Wildman–Crippen MR) is 107 cm³/mol. The lowest BCUT2D eigenvalue weighted by Crippen LogP contribution is -2.35. The second-order valence-electron chi connectivity index (χ2n) is 6.88. The molecule has 0 radical (unpaired) electrons. The highest BCUT2D eigenvalue weighted by atomic mass is 16.5. The molecule has 0 aromatic heterocycles. The number of rotatable bonds is 8. The van der Waals surface area contributed by atoms with Crippen LogP contribution in [0.2, 0.25) is 0 Å². The maximum absolute atomic E-state index is 10.2. The number of methoxy groups -OCH3 is 1. The highest BCUT2D eigenvalue weighted by Gasteiger charge is 2.26. The van der Waals surface area contributed by atoms with Gasteiger partial charge in [-0.1, -0.05) is 54.6 Å². The molecule has 1 saturated heterocycles. The summed E-state index contributed by atoms with van der Waals surface area (Å²) in [5.74, 6) is 0.845. The molecule has 1 aliphatic rings. The second kappa shape index (κ2) is 10.3. The van der Waals surface area contributed by atoms with Crippen LogP contribution in [0.1, 0.15) is 30.4 Å². The zero-order valence-corrected chi connectivity index (χ0v) is 15.8. The van der Waals surface area contributed by atoms with Crippen LogP contribution >= 0.6 is 0 Å². The lowest BCUT2D eigenvalue weighted by atomic mass is 9.98. The van der Waals surface area contributed by atoms with E-state index in [1.54, 1.807) is 7.11 Å². The van der Waals surface area contributed by atoms with E-state index in [1.165, 1.54) is 0 Å². The number of benzene rings is 2. The van der Waals surface area contributed by atoms with Gasteiger partial charge in [0.1, 0.15) is 5.75 Å². The van der Waals surface area contributed by atoms with Crippen molar-refractivity contribution in [1.29, 1.82) is 0 Å². The van der Waals surface area contributed by atoms with Crippen molar-refractivity contribution in [2.24, 2.45) is 0 Å². The molecule has 3 atom stereocenters. The summed E-state index contributed by atoms with van der Waals surface area (Å²) in [5, 5.41) is 10.2. The summed E-state index contributed by atoms with van der Waals surface area (Å²) in [4.78, 5) is 0. The lowest BCUT2D eigenvalue weighted by molar-refractivity contribution is -0.0860. The van der Waals surface area contributed by atoms with Crippen LogP contribution in [0, 0.1) is 0 Å². The Morgan fingerprint density at radius 1 is 1.07 bits per heavy atom. The molecule has 1 fully saturated rings. The molecule has 0 saturated carbocycles. The lowest BCUT2D eigenvalue weighted by Gasteiger charge is -2.31. The smallest absolute Gasteiger partial charge is 0.118 e. The summed E-state index contributed by atoms with van der Waals surface area (Å²) in [7, 11) is 1.66. The predicted octanol–water partition coefficient (Wildman–Crippen LogP) is 4.22. The molecule has 4 heteroatoms. The maximum Gasteiger partial charge on any atom is 0.118 e. The van der Waals surface area contributed by atoms with Gasteiger partial charge >= 0.3 is 0 Å². The average Bonchev–Trinajstić information content (AvgIpc) is 2.70. The summed E-state index contributed by atoms with van der Waals surface area (Å²) < 4.78 is 17.0. The summed E-state index contributed by atoms with van der Waals surface area (Å²) in [6, 6.07) is 18.0. The first-order chi connectivity index (χ1) is 13.2. The summed E-state index contributed by atoms with van der Waals surface area (Å²) >= 11 is 0. The van der Waals surface area contributed by atoms with E-state index in [0.717, 1.165) is 23.3 Å². The molecule has 4 nitrogen and oxygen atoms in total. The van der Waals surface area contributed by atoms with E-state index in [-0.39, 0.29) is 18.3 Å². The molecule has 0 bridgehead atoms. The van der Waals surface area contributed by atoms with Gasteiger partial charge in [-0.2, -0.15) is 0 Å². The Balaban J connectivity index is 1.42. The largest absolute Gasteiger partial charge is 0.497 e. The van der Waals surface area contributed by atoms with Crippen LogP contribution in [0.15, 0.2) is 60.7 Å². The fourth-order valence-electron chi connectivity index (χ4n) is 3.25. The van der Waals surface area contributed by atoms with Crippen molar-refractivity contribution in [1.82, 2.24) is 0 Å². The van der Waals surface area contributed by atoms with Gasteiger partial charge in [-0.25, -0.2) is 0 Å². The Labute approximate surface area is 161 Å². The van der Waals surface area contributed by atoms with Crippen LogP contribution in [0.3, 0.4) is 0 Å². The van der Waals surface area contributed by atoms with Crippen LogP contribution in [0.4, 0.5) is 0 Å². The Bertz CT molecular complexity index is 696. The third kappa shape index (κ3) is 6.51. The van der Waals surface area contributed by atoms with E-state index in [1.807, 2.05) is 48.5 Å². The molecule has 2 aromatic carbocycles. The molecule has 2 aromatic rings. The van der Waals surface area contributed by atoms with Gasteiger partial charge in [-0.3, -0.25) is 0 Å². The zero-order valence-electron chi connectivity index (χ0n) is 15.8. The minimum atomic E-state index is -0.323. The van der Waals surface area contributed by atoms with Crippen molar-refractivity contribution in [2.75, 3.05) is 13.7 Å². The van der Waals surface area contributed by atoms with E-state index in [0.29, 0.717) is 26.1 Å². The SMILES string of the molecule is COc1ccc(COCC[C@@H]2C[C@H](O)C[C@@H](/C=C/c3ccccc3)O2)cc1. The van der Waals surface area contributed by atoms with Crippen molar-refractivity contribution >= 4 is 6.08 Å². The summed E-state index contributed by atoms with van der Waals surface area (Å²) in [6.45, 7) is 1.18. The van der Waals surface area contributed by atoms with Crippen LogP contribution in [0.25, 0.3) is 6.08 Å². The van der Waals surface area contributed by atoms with E-state index in [9.17, 15) is 5.11 Å². The van der Waals surface area contributed by atoms with Gasteiger partial charge in [0.15, 0.2) is 0 Å². The number of ether oxygens (including phenoxy) is 3. The number of aliphatic hydroxyl groups is 1. The van der Waals surface area contributed by atoms with Crippen LogP contribution in [-0.4, -0.2) is 37.1 Å². The molecule has 144 valence electrons. The van der Waals surface area contributed by atoms with Gasteiger partial charge < -0.3 is 19.3 Å². The first kappa shape index (κ1) is 19.6. The Morgan fingerprint density at radius 2 is 1.85 bits per heavy atom. The fraction of sp³-hybridized carbons (Fsp3) is 0.391. The van der Waals surface area contributed by atoms with Crippen molar-refractivity contribution in [3.63, 3.8) is 0 Å². The van der Waals surface area contributed by atoms with E-state index >= 15 is 0 Å². The van der Waals surface area contributed by atoms with Crippen molar-refractivity contribution in [3.05, 3.63) is 71.8 Å². The molecule has 27 heavy (non-hydrogen) atoms. The first-order valence-corrected chi connectivity index (χ1v) is 9.50. The second-order valence-corrected chi connectivity index (χ2v) is 6.88. The van der Waals surface area contributed by atoms with E-state index in [4.69, 9.17) is 14.2 Å². The highest BCUT2D eigenvalue weighted by molar-refractivity contribution is 5.49. The van der Waals surface area contributed by atoms with E-state index in [2.05, 4.69) is 18.2 Å². The van der Waals surface area contributed by atoms with Crippen molar-refractivity contribution in [2.45, 2.75) is 44.2 Å². The molecule has 0 spiro atoms. The molecular weight excluding hydrogens is 340 g/mol. The maximum atomic E-state index is 10.2.